The van der Waals surface area contributed by atoms with Crippen molar-refractivity contribution in [3.8, 4) is 0 Å². The number of aromatic nitrogens is 2. The molecule has 1 atom stereocenters. The molecule has 17 heavy (non-hydrogen) atoms. The molecular formula is C13H14N3O+. The maximum atomic E-state index is 10.8. The molecule has 1 aliphatic rings. The lowest BCUT2D eigenvalue weighted by molar-refractivity contribution is -0.685. The standard InChI is InChI=1S/C13H14N3O/c1-15-12-14-8-5-9-16(12)10-13(15,17)11-6-3-2-4-7-11/h2-9,17H,10H2,1H3/q+1/t13-/m0/s1. The van der Waals surface area contributed by atoms with Crippen molar-refractivity contribution in [1.29, 1.82) is 0 Å². The quantitative estimate of drug-likeness (QED) is 0.729. The van der Waals surface area contributed by atoms with Gasteiger partial charge in [0.1, 0.15) is 12.7 Å². The predicted molar refractivity (Wildman–Crippen MR) is 63.2 cm³/mol. The van der Waals surface area contributed by atoms with Crippen molar-refractivity contribution in [2.45, 2.75) is 12.3 Å². The number of likely N-dealkylation sites (N-methyl/N-ethyl adjacent to an activating group) is 1. The zero-order chi connectivity index (χ0) is 11.9. The molecule has 86 valence electrons. The van der Waals surface area contributed by atoms with Crippen LogP contribution in [-0.4, -0.2) is 17.1 Å². The van der Waals surface area contributed by atoms with Crippen LogP contribution in [0.15, 0.2) is 48.8 Å². The van der Waals surface area contributed by atoms with E-state index in [-0.39, 0.29) is 0 Å². The highest BCUT2D eigenvalue weighted by Gasteiger charge is 2.49. The van der Waals surface area contributed by atoms with Crippen molar-refractivity contribution < 1.29 is 9.67 Å². The summed E-state index contributed by atoms with van der Waals surface area (Å²) < 4.78 is 1.95. The summed E-state index contributed by atoms with van der Waals surface area (Å²) in [6.07, 6.45) is 3.67. The fraction of sp³-hybridized carbons (Fsp3) is 0.231. The zero-order valence-electron chi connectivity index (χ0n) is 9.61. The van der Waals surface area contributed by atoms with E-state index in [2.05, 4.69) is 4.98 Å². The Kier molecular flexibility index (Phi) is 2.12. The van der Waals surface area contributed by atoms with E-state index in [9.17, 15) is 5.11 Å². The van der Waals surface area contributed by atoms with Crippen LogP contribution in [0.4, 0.5) is 5.95 Å². The van der Waals surface area contributed by atoms with E-state index < -0.39 is 5.72 Å². The first kappa shape index (κ1) is 10.2. The Morgan fingerprint density at radius 3 is 2.76 bits per heavy atom. The molecule has 0 aliphatic carbocycles. The molecule has 0 spiro atoms. The Hall–Kier alpha value is -1.94. The van der Waals surface area contributed by atoms with Gasteiger partial charge in [0.15, 0.2) is 0 Å². The zero-order valence-corrected chi connectivity index (χ0v) is 9.61. The van der Waals surface area contributed by atoms with Gasteiger partial charge in [-0.15, -0.1) is 0 Å². The summed E-state index contributed by atoms with van der Waals surface area (Å²) in [6.45, 7) is 0.497. The number of fused-ring (bicyclic) bond motifs is 1. The van der Waals surface area contributed by atoms with Crippen LogP contribution in [0.1, 0.15) is 5.56 Å². The summed E-state index contributed by atoms with van der Waals surface area (Å²) in [7, 11) is 1.86. The Morgan fingerprint density at radius 1 is 1.29 bits per heavy atom. The molecule has 0 fully saturated rings. The number of aliphatic hydroxyl groups is 1. The van der Waals surface area contributed by atoms with Crippen molar-refractivity contribution in [3.05, 3.63) is 54.4 Å². The minimum atomic E-state index is -1.01. The molecule has 1 aliphatic heterocycles. The van der Waals surface area contributed by atoms with Crippen LogP contribution >= 0.6 is 0 Å². The molecule has 1 N–H and O–H groups in total. The minimum Gasteiger partial charge on any atom is -0.353 e. The van der Waals surface area contributed by atoms with Crippen LogP contribution in [-0.2, 0) is 12.3 Å². The van der Waals surface area contributed by atoms with Gasteiger partial charge < -0.3 is 5.11 Å². The molecule has 4 heteroatoms. The van der Waals surface area contributed by atoms with Crippen LogP contribution in [0, 0.1) is 0 Å². The number of nitrogens with zero attached hydrogens (tertiary/aromatic N) is 3. The first-order valence-corrected chi connectivity index (χ1v) is 5.58. The molecule has 1 aromatic carbocycles. The smallest absolute Gasteiger partial charge is 0.353 e. The average molecular weight is 228 g/mol. The van der Waals surface area contributed by atoms with Gasteiger partial charge in [-0.1, -0.05) is 35.3 Å². The maximum Gasteiger partial charge on any atom is 0.396 e. The lowest BCUT2D eigenvalue weighted by Gasteiger charge is -2.25. The van der Waals surface area contributed by atoms with Crippen LogP contribution in [0.3, 0.4) is 0 Å². The summed E-state index contributed by atoms with van der Waals surface area (Å²) in [5.41, 5.74) is -0.129. The van der Waals surface area contributed by atoms with Crippen LogP contribution in [0.2, 0.25) is 0 Å². The van der Waals surface area contributed by atoms with E-state index in [1.165, 1.54) is 0 Å². The molecule has 0 unspecified atom stereocenters. The lowest BCUT2D eigenvalue weighted by Crippen LogP contribution is -2.43. The summed E-state index contributed by atoms with van der Waals surface area (Å²) in [5.74, 6) is 0.777. The van der Waals surface area contributed by atoms with Gasteiger partial charge in [0.05, 0.1) is 13.2 Å². The number of anilines is 1. The SMILES string of the molecule is CN1c2nccc[n+]2C[C@]1(O)c1ccccc1. The molecule has 2 aromatic rings. The topological polar surface area (TPSA) is 40.2 Å². The largest absolute Gasteiger partial charge is 0.396 e. The molecule has 0 saturated carbocycles. The second kappa shape index (κ2) is 3.53. The van der Waals surface area contributed by atoms with E-state index >= 15 is 0 Å². The number of hydrogen-bond donors (Lipinski definition) is 1. The summed E-state index contributed by atoms with van der Waals surface area (Å²) in [5, 5.41) is 10.8. The highest BCUT2D eigenvalue weighted by Crippen LogP contribution is 2.31. The summed E-state index contributed by atoms with van der Waals surface area (Å²) in [6, 6.07) is 11.5. The van der Waals surface area contributed by atoms with E-state index in [0.29, 0.717) is 6.54 Å². The van der Waals surface area contributed by atoms with Crippen LogP contribution in [0.5, 0.6) is 0 Å². The molecule has 2 heterocycles. The highest BCUT2D eigenvalue weighted by atomic mass is 16.3. The average Bonchev–Trinajstić information content (AvgIpc) is 2.65. The van der Waals surface area contributed by atoms with Gasteiger partial charge in [-0.2, -0.15) is 0 Å². The predicted octanol–water partition coefficient (Wildman–Crippen LogP) is 0.664. The van der Waals surface area contributed by atoms with Gasteiger partial charge in [-0.3, -0.25) is 0 Å². The van der Waals surface area contributed by atoms with E-state index in [1.54, 1.807) is 6.20 Å². The monoisotopic (exact) mass is 228 g/mol. The van der Waals surface area contributed by atoms with E-state index in [1.807, 2.05) is 59.1 Å². The van der Waals surface area contributed by atoms with Gasteiger partial charge in [0, 0.05) is 11.6 Å². The third-order valence-corrected chi connectivity index (χ3v) is 3.28. The molecule has 1 aromatic heterocycles. The second-order valence-electron chi connectivity index (χ2n) is 4.29. The summed E-state index contributed by atoms with van der Waals surface area (Å²) >= 11 is 0. The Balaban J connectivity index is 2.09. The van der Waals surface area contributed by atoms with Crippen molar-refractivity contribution >= 4 is 5.95 Å². The lowest BCUT2D eigenvalue weighted by atomic mass is 10.0. The maximum absolute atomic E-state index is 10.8. The van der Waals surface area contributed by atoms with Gasteiger partial charge in [-0.25, -0.2) is 9.47 Å². The first-order valence-electron chi connectivity index (χ1n) is 5.58. The van der Waals surface area contributed by atoms with E-state index in [4.69, 9.17) is 0 Å². The van der Waals surface area contributed by atoms with E-state index in [0.717, 1.165) is 11.5 Å². The minimum absolute atomic E-state index is 0.497. The Morgan fingerprint density at radius 2 is 2.06 bits per heavy atom. The Labute approximate surface area is 99.8 Å². The van der Waals surface area contributed by atoms with Gasteiger partial charge in [0.2, 0.25) is 5.72 Å². The van der Waals surface area contributed by atoms with Gasteiger partial charge >= 0.3 is 5.95 Å². The molecular weight excluding hydrogens is 214 g/mol. The van der Waals surface area contributed by atoms with Crippen LogP contribution < -0.4 is 9.47 Å². The fourth-order valence-corrected chi connectivity index (χ4v) is 2.29. The number of benzene rings is 1. The molecule has 0 amide bonds. The van der Waals surface area contributed by atoms with Crippen LogP contribution in [0.25, 0.3) is 0 Å². The fourth-order valence-electron chi connectivity index (χ4n) is 2.29. The highest BCUT2D eigenvalue weighted by molar-refractivity contribution is 5.36. The summed E-state index contributed by atoms with van der Waals surface area (Å²) in [4.78, 5) is 6.10. The molecule has 0 bridgehead atoms. The van der Waals surface area contributed by atoms with Gasteiger partial charge in [0.25, 0.3) is 0 Å². The molecule has 0 radical (unpaired) electrons. The van der Waals surface area contributed by atoms with Crippen molar-refractivity contribution in [1.82, 2.24) is 4.98 Å². The first-order chi connectivity index (χ1) is 8.22. The van der Waals surface area contributed by atoms with Crippen molar-refractivity contribution in [2.24, 2.45) is 0 Å². The molecule has 4 nitrogen and oxygen atoms in total. The third kappa shape index (κ3) is 1.41. The second-order valence-corrected chi connectivity index (χ2v) is 4.29. The number of rotatable bonds is 1. The van der Waals surface area contributed by atoms with Crippen molar-refractivity contribution in [2.75, 3.05) is 11.9 Å². The molecule has 0 saturated heterocycles. The van der Waals surface area contributed by atoms with Gasteiger partial charge in [-0.05, 0) is 0 Å². The third-order valence-electron chi connectivity index (χ3n) is 3.28. The number of hydrogen-bond acceptors (Lipinski definition) is 3. The Bertz CT molecular complexity index is 543. The van der Waals surface area contributed by atoms with Crippen molar-refractivity contribution in [3.63, 3.8) is 0 Å². The molecule has 3 rings (SSSR count). The normalized spacial score (nSPS) is 22.6.